The fourth-order valence-corrected chi connectivity index (χ4v) is 3.09. The molecular weight excluding hydrogens is 214 g/mol. The summed E-state index contributed by atoms with van der Waals surface area (Å²) in [6.45, 7) is 4.38. The zero-order valence-corrected chi connectivity index (χ0v) is 10.5. The highest BCUT2D eigenvalue weighted by atomic mass is 16.5. The van der Waals surface area contributed by atoms with Crippen LogP contribution in [0.5, 0.6) is 0 Å². The molecule has 2 aliphatic rings. The molecule has 1 aliphatic heterocycles. The minimum atomic E-state index is 0.146. The molecule has 1 atom stereocenters. The van der Waals surface area contributed by atoms with Crippen molar-refractivity contribution in [2.75, 3.05) is 13.1 Å². The molecule has 1 aliphatic carbocycles. The summed E-state index contributed by atoms with van der Waals surface area (Å²) in [6.07, 6.45) is 7.36. The lowest BCUT2D eigenvalue weighted by Crippen LogP contribution is -2.29. The van der Waals surface area contributed by atoms with Gasteiger partial charge in [0.05, 0.1) is 0 Å². The fraction of sp³-hybridized carbons (Fsp3) is 0.846. The minimum absolute atomic E-state index is 0.146. The van der Waals surface area contributed by atoms with E-state index in [1.54, 1.807) is 0 Å². The summed E-state index contributed by atoms with van der Waals surface area (Å²) in [4.78, 5) is 4.67. The maximum absolute atomic E-state index is 5.52. The molecule has 1 unspecified atom stereocenters. The molecule has 0 amide bonds. The number of hydrogen-bond donors (Lipinski definition) is 1. The van der Waals surface area contributed by atoms with Crippen molar-refractivity contribution in [1.82, 2.24) is 15.5 Å². The van der Waals surface area contributed by atoms with Gasteiger partial charge in [-0.15, -0.1) is 0 Å². The molecule has 94 valence electrons. The van der Waals surface area contributed by atoms with Crippen LogP contribution in [0.4, 0.5) is 0 Å². The van der Waals surface area contributed by atoms with E-state index in [0.29, 0.717) is 5.92 Å². The molecule has 1 aromatic rings. The first-order valence-corrected chi connectivity index (χ1v) is 6.83. The largest absolute Gasteiger partial charge is 0.339 e. The van der Waals surface area contributed by atoms with Crippen molar-refractivity contribution < 1.29 is 4.52 Å². The van der Waals surface area contributed by atoms with Crippen molar-refractivity contribution in [3.05, 3.63) is 11.7 Å². The van der Waals surface area contributed by atoms with Crippen LogP contribution in [0.3, 0.4) is 0 Å². The number of rotatable bonds is 2. The van der Waals surface area contributed by atoms with Crippen LogP contribution < -0.4 is 5.32 Å². The van der Waals surface area contributed by atoms with Crippen LogP contribution in [0.2, 0.25) is 0 Å². The molecule has 0 bridgehead atoms. The molecule has 17 heavy (non-hydrogen) atoms. The average Bonchev–Trinajstić information content (AvgIpc) is 2.99. The Kier molecular flexibility index (Phi) is 2.90. The molecule has 0 spiro atoms. The third-order valence-corrected chi connectivity index (χ3v) is 4.33. The Morgan fingerprint density at radius 3 is 2.82 bits per heavy atom. The summed E-state index contributed by atoms with van der Waals surface area (Å²) >= 11 is 0. The van der Waals surface area contributed by atoms with E-state index in [-0.39, 0.29) is 5.41 Å². The smallest absolute Gasteiger partial charge is 0.232 e. The molecule has 2 fully saturated rings. The van der Waals surface area contributed by atoms with E-state index in [2.05, 4.69) is 22.4 Å². The van der Waals surface area contributed by atoms with Crippen molar-refractivity contribution >= 4 is 0 Å². The Hall–Kier alpha value is -0.900. The molecule has 0 aromatic carbocycles. The standard InChI is InChI=1S/C13H21N3O/c1-13(6-2-3-7-13)12-15-11(16-17-12)10-5-4-8-14-9-10/h10,14H,2-9H2,1H3. The van der Waals surface area contributed by atoms with E-state index < -0.39 is 0 Å². The third kappa shape index (κ3) is 2.10. The summed E-state index contributed by atoms with van der Waals surface area (Å²) in [5.41, 5.74) is 0.146. The SMILES string of the molecule is CC1(c2nc(C3CCCNC3)no2)CCCC1. The Bertz CT molecular complexity index is 376. The van der Waals surface area contributed by atoms with Gasteiger partial charge in [0, 0.05) is 17.9 Å². The molecule has 0 radical (unpaired) electrons. The Labute approximate surface area is 102 Å². The Morgan fingerprint density at radius 2 is 2.12 bits per heavy atom. The van der Waals surface area contributed by atoms with Gasteiger partial charge in [-0.25, -0.2) is 0 Å². The van der Waals surface area contributed by atoms with Crippen molar-refractivity contribution in [2.24, 2.45) is 0 Å². The Balaban J connectivity index is 1.77. The number of nitrogens with one attached hydrogen (secondary N) is 1. The van der Waals surface area contributed by atoms with Gasteiger partial charge in [0.2, 0.25) is 5.89 Å². The van der Waals surface area contributed by atoms with Gasteiger partial charge in [0.1, 0.15) is 0 Å². The number of nitrogens with zero attached hydrogens (tertiary/aromatic N) is 2. The van der Waals surface area contributed by atoms with Crippen LogP contribution in [0.1, 0.15) is 63.1 Å². The lowest BCUT2D eigenvalue weighted by Gasteiger charge is -2.20. The number of hydrogen-bond acceptors (Lipinski definition) is 4. The molecule has 1 N–H and O–H groups in total. The summed E-state index contributed by atoms with van der Waals surface area (Å²) in [6, 6.07) is 0. The highest BCUT2D eigenvalue weighted by molar-refractivity contribution is 5.08. The van der Waals surface area contributed by atoms with Gasteiger partial charge in [0.15, 0.2) is 5.82 Å². The van der Waals surface area contributed by atoms with Gasteiger partial charge in [0.25, 0.3) is 0 Å². The molecule has 1 saturated carbocycles. The number of piperidine rings is 1. The molecular formula is C13H21N3O. The monoisotopic (exact) mass is 235 g/mol. The number of aromatic nitrogens is 2. The van der Waals surface area contributed by atoms with Crippen molar-refractivity contribution in [2.45, 2.75) is 56.8 Å². The normalized spacial score (nSPS) is 28.4. The van der Waals surface area contributed by atoms with Crippen LogP contribution in [0, 0.1) is 0 Å². The van der Waals surface area contributed by atoms with Crippen LogP contribution in [-0.2, 0) is 5.41 Å². The predicted molar refractivity (Wildman–Crippen MR) is 65.0 cm³/mol. The molecule has 1 saturated heterocycles. The zero-order chi connectivity index (χ0) is 11.7. The first-order chi connectivity index (χ1) is 8.28. The van der Waals surface area contributed by atoms with Gasteiger partial charge in [-0.3, -0.25) is 0 Å². The van der Waals surface area contributed by atoms with E-state index in [9.17, 15) is 0 Å². The third-order valence-electron chi connectivity index (χ3n) is 4.33. The maximum atomic E-state index is 5.52. The highest BCUT2D eigenvalue weighted by Gasteiger charge is 2.36. The van der Waals surface area contributed by atoms with Crippen LogP contribution in [0.25, 0.3) is 0 Å². The van der Waals surface area contributed by atoms with Crippen molar-refractivity contribution in [3.63, 3.8) is 0 Å². The summed E-state index contributed by atoms with van der Waals surface area (Å²) in [5, 5.41) is 7.60. The summed E-state index contributed by atoms with van der Waals surface area (Å²) < 4.78 is 5.52. The van der Waals surface area contributed by atoms with Crippen molar-refractivity contribution in [1.29, 1.82) is 0 Å². The van der Waals surface area contributed by atoms with E-state index in [1.807, 2.05) is 0 Å². The Morgan fingerprint density at radius 1 is 1.29 bits per heavy atom. The van der Waals surface area contributed by atoms with E-state index >= 15 is 0 Å². The zero-order valence-electron chi connectivity index (χ0n) is 10.5. The highest BCUT2D eigenvalue weighted by Crippen LogP contribution is 2.40. The second kappa shape index (κ2) is 4.41. The van der Waals surface area contributed by atoms with Crippen LogP contribution in [-0.4, -0.2) is 23.2 Å². The first kappa shape index (κ1) is 11.2. The fourth-order valence-electron chi connectivity index (χ4n) is 3.09. The average molecular weight is 235 g/mol. The van der Waals surface area contributed by atoms with Gasteiger partial charge in [-0.1, -0.05) is 24.9 Å². The quantitative estimate of drug-likeness (QED) is 0.855. The second-order valence-corrected chi connectivity index (χ2v) is 5.77. The van der Waals surface area contributed by atoms with Crippen LogP contribution >= 0.6 is 0 Å². The summed E-state index contributed by atoms with van der Waals surface area (Å²) in [7, 11) is 0. The molecule has 3 rings (SSSR count). The van der Waals surface area contributed by atoms with E-state index in [0.717, 1.165) is 24.8 Å². The lowest BCUT2D eigenvalue weighted by atomic mass is 9.89. The van der Waals surface area contributed by atoms with E-state index in [1.165, 1.54) is 38.5 Å². The van der Waals surface area contributed by atoms with Gasteiger partial charge >= 0.3 is 0 Å². The second-order valence-electron chi connectivity index (χ2n) is 5.77. The first-order valence-electron chi connectivity index (χ1n) is 6.83. The molecule has 2 heterocycles. The maximum Gasteiger partial charge on any atom is 0.232 e. The molecule has 1 aromatic heterocycles. The molecule has 4 nitrogen and oxygen atoms in total. The lowest BCUT2D eigenvalue weighted by molar-refractivity contribution is 0.292. The van der Waals surface area contributed by atoms with E-state index in [4.69, 9.17) is 4.52 Å². The minimum Gasteiger partial charge on any atom is -0.339 e. The van der Waals surface area contributed by atoms with Gasteiger partial charge < -0.3 is 9.84 Å². The van der Waals surface area contributed by atoms with Crippen molar-refractivity contribution in [3.8, 4) is 0 Å². The van der Waals surface area contributed by atoms with Gasteiger partial charge in [-0.2, -0.15) is 4.98 Å². The summed E-state index contributed by atoms with van der Waals surface area (Å²) in [5.74, 6) is 2.24. The molecule has 4 heteroatoms. The topological polar surface area (TPSA) is 51.0 Å². The van der Waals surface area contributed by atoms with Gasteiger partial charge in [-0.05, 0) is 32.2 Å². The van der Waals surface area contributed by atoms with Crippen LogP contribution in [0.15, 0.2) is 4.52 Å². The predicted octanol–water partition coefficient (Wildman–Crippen LogP) is 2.37.